The van der Waals surface area contributed by atoms with Gasteiger partial charge in [0.15, 0.2) is 0 Å². The summed E-state index contributed by atoms with van der Waals surface area (Å²) in [7, 11) is 5.49. The summed E-state index contributed by atoms with van der Waals surface area (Å²) < 4.78 is 11.8. The molecule has 1 aromatic rings. The van der Waals surface area contributed by atoms with E-state index in [0.717, 1.165) is 35.5 Å². The number of rotatable bonds is 4. The molecule has 1 fully saturated rings. The van der Waals surface area contributed by atoms with Crippen LogP contribution in [0.25, 0.3) is 0 Å². The molecule has 4 nitrogen and oxygen atoms in total. The van der Waals surface area contributed by atoms with Crippen LogP contribution < -0.4 is 15.2 Å². The molecule has 1 saturated heterocycles. The fourth-order valence-corrected chi connectivity index (χ4v) is 3.48. The van der Waals surface area contributed by atoms with E-state index in [4.69, 9.17) is 15.2 Å². The summed E-state index contributed by atoms with van der Waals surface area (Å²) in [5.41, 5.74) is 6.98. The average Bonchev–Trinajstić information content (AvgIpc) is 2.78. The third kappa shape index (κ3) is 2.88. The summed E-state index contributed by atoms with van der Waals surface area (Å²) in [5.74, 6) is 2.21. The van der Waals surface area contributed by atoms with Crippen molar-refractivity contribution in [3.63, 3.8) is 0 Å². The Labute approximate surface area is 123 Å². The minimum absolute atomic E-state index is 0.337. The van der Waals surface area contributed by atoms with Gasteiger partial charge >= 0.3 is 0 Å². The average molecular weight is 329 g/mol. The summed E-state index contributed by atoms with van der Waals surface area (Å²) in [4.78, 5) is 2.34. The molecule has 0 saturated carbocycles. The fraction of sp³-hybridized carbons (Fsp3) is 0.571. The maximum atomic E-state index is 5.80. The zero-order valence-corrected chi connectivity index (χ0v) is 13.2. The maximum absolute atomic E-state index is 5.80. The van der Waals surface area contributed by atoms with Crippen molar-refractivity contribution in [2.24, 2.45) is 11.7 Å². The lowest BCUT2D eigenvalue weighted by Gasteiger charge is -2.23. The first-order valence-electron chi connectivity index (χ1n) is 6.42. The highest BCUT2D eigenvalue weighted by atomic mass is 79.9. The number of nitrogens with two attached hydrogens (primary N) is 1. The molecule has 19 heavy (non-hydrogen) atoms. The van der Waals surface area contributed by atoms with Gasteiger partial charge in [-0.25, -0.2) is 0 Å². The Bertz CT molecular complexity index is 453. The zero-order chi connectivity index (χ0) is 14.0. The number of ether oxygens (including phenoxy) is 2. The van der Waals surface area contributed by atoms with E-state index in [2.05, 4.69) is 27.9 Å². The van der Waals surface area contributed by atoms with Crippen LogP contribution >= 0.6 is 15.9 Å². The molecule has 5 heteroatoms. The Hall–Kier alpha value is -0.780. The monoisotopic (exact) mass is 328 g/mol. The largest absolute Gasteiger partial charge is 0.497 e. The van der Waals surface area contributed by atoms with Crippen molar-refractivity contribution in [3.05, 3.63) is 22.2 Å². The Morgan fingerprint density at radius 2 is 2.11 bits per heavy atom. The van der Waals surface area contributed by atoms with Gasteiger partial charge in [-0.15, -0.1) is 0 Å². The predicted molar refractivity (Wildman–Crippen MR) is 79.8 cm³/mol. The van der Waals surface area contributed by atoms with Crippen LogP contribution in [0, 0.1) is 5.92 Å². The van der Waals surface area contributed by atoms with Crippen LogP contribution in [0.2, 0.25) is 0 Å². The smallest absolute Gasteiger partial charge is 0.128 e. The van der Waals surface area contributed by atoms with Crippen molar-refractivity contribution in [3.8, 4) is 11.5 Å². The van der Waals surface area contributed by atoms with E-state index in [0.29, 0.717) is 12.0 Å². The summed E-state index contributed by atoms with van der Waals surface area (Å²) in [5, 5.41) is 0. The molecule has 1 aliphatic heterocycles. The van der Waals surface area contributed by atoms with E-state index in [1.165, 1.54) is 5.56 Å². The number of nitrogens with zero attached hydrogens (tertiary/aromatic N) is 1. The number of hydrogen-bond donors (Lipinski definition) is 1. The second-order valence-electron chi connectivity index (χ2n) is 5.02. The van der Waals surface area contributed by atoms with Crippen LogP contribution in [0.3, 0.4) is 0 Å². The first kappa shape index (κ1) is 14.6. The number of benzene rings is 1. The highest BCUT2D eigenvalue weighted by Crippen LogP contribution is 2.43. The van der Waals surface area contributed by atoms with Gasteiger partial charge in [-0.2, -0.15) is 0 Å². The maximum Gasteiger partial charge on any atom is 0.128 e. The van der Waals surface area contributed by atoms with Crippen LogP contribution in [-0.2, 0) is 0 Å². The number of hydrogen-bond acceptors (Lipinski definition) is 4. The van der Waals surface area contributed by atoms with Crippen LogP contribution in [0.5, 0.6) is 11.5 Å². The summed E-state index contributed by atoms with van der Waals surface area (Å²) in [6.07, 6.45) is 1.06. The molecule has 1 aliphatic rings. The number of halogens is 1. The van der Waals surface area contributed by atoms with E-state index in [-0.39, 0.29) is 0 Å². The first-order valence-corrected chi connectivity index (χ1v) is 7.21. The minimum Gasteiger partial charge on any atom is -0.497 e. The van der Waals surface area contributed by atoms with E-state index in [1.807, 2.05) is 12.1 Å². The quantitative estimate of drug-likeness (QED) is 0.922. The lowest BCUT2D eigenvalue weighted by atomic mass is 9.99. The standard InChI is InChI=1S/C14H21BrN2O2/c1-17-8-9(7-16)4-12(17)14-11(15)5-10(18-2)6-13(14)19-3/h5-6,9,12H,4,7-8,16H2,1-3H3. The van der Waals surface area contributed by atoms with Gasteiger partial charge < -0.3 is 15.2 Å². The van der Waals surface area contributed by atoms with Crippen molar-refractivity contribution < 1.29 is 9.47 Å². The van der Waals surface area contributed by atoms with Gasteiger partial charge in [-0.1, -0.05) is 15.9 Å². The molecule has 106 valence electrons. The first-order chi connectivity index (χ1) is 9.10. The molecule has 0 aliphatic carbocycles. The normalized spacial score (nSPS) is 23.6. The molecule has 0 bridgehead atoms. The third-order valence-corrected chi connectivity index (χ3v) is 4.48. The van der Waals surface area contributed by atoms with E-state index >= 15 is 0 Å². The molecule has 1 aromatic carbocycles. The number of likely N-dealkylation sites (tertiary alicyclic amines) is 1. The van der Waals surface area contributed by atoms with Crippen molar-refractivity contribution >= 4 is 15.9 Å². The molecule has 2 rings (SSSR count). The molecule has 2 N–H and O–H groups in total. The molecule has 2 atom stereocenters. The lowest BCUT2D eigenvalue weighted by Crippen LogP contribution is -2.21. The second-order valence-corrected chi connectivity index (χ2v) is 5.87. The summed E-state index contributed by atoms with van der Waals surface area (Å²) in [6.45, 7) is 1.76. The predicted octanol–water partition coefficient (Wildman–Crippen LogP) is 2.42. The Morgan fingerprint density at radius 3 is 2.63 bits per heavy atom. The topological polar surface area (TPSA) is 47.7 Å². The molecule has 2 unspecified atom stereocenters. The lowest BCUT2D eigenvalue weighted by molar-refractivity contribution is 0.301. The fourth-order valence-electron chi connectivity index (χ4n) is 2.79. The minimum atomic E-state index is 0.337. The van der Waals surface area contributed by atoms with Gasteiger partial charge in [0.1, 0.15) is 11.5 Å². The highest BCUT2D eigenvalue weighted by molar-refractivity contribution is 9.10. The molecular formula is C14H21BrN2O2. The molecule has 0 spiro atoms. The summed E-state index contributed by atoms with van der Waals surface area (Å²) in [6, 6.07) is 4.26. The zero-order valence-electron chi connectivity index (χ0n) is 11.6. The third-order valence-electron chi connectivity index (χ3n) is 3.82. The van der Waals surface area contributed by atoms with Crippen molar-refractivity contribution in [2.45, 2.75) is 12.5 Å². The van der Waals surface area contributed by atoms with Gasteiger partial charge in [0, 0.05) is 28.7 Å². The Morgan fingerprint density at radius 1 is 1.37 bits per heavy atom. The summed E-state index contributed by atoms with van der Waals surface area (Å²) >= 11 is 3.64. The molecule has 1 heterocycles. The molecule has 0 aromatic heterocycles. The Balaban J connectivity index is 2.39. The van der Waals surface area contributed by atoms with Gasteiger partial charge in [-0.05, 0) is 32.0 Å². The van der Waals surface area contributed by atoms with E-state index in [1.54, 1.807) is 14.2 Å². The van der Waals surface area contributed by atoms with Crippen LogP contribution in [0.15, 0.2) is 16.6 Å². The second kappa shape index (κ2) is 6.11. The van der Waals surface area contributed by atoms with Gasteiger partial charge in [0.25, 0.3) is 0 Å². The van der Waals surface area contributed by atoms with E-state index < -0.39 is 0 Å². The van der Waals surface area contributed by atoms with Gasteiger partial charge in [-0.3, -0.25) is 4.90 Å². The highest BCUT2D eigenvalue weighted by Gasteiger charge is 2.33. The van der Waals surface area contributed by atoms with E-state index in [9.17, 15) is 0 Å². The van der Waals surface area contributed by atoms with Crippen molar-refractivity contribution in [1.29, 1.82) is 0 Å². The SMILES string of the molecule is COc1cc(Br)c(C2CC(CN)CN2C)c(OC)c1. The van der Waals surface area contributed by atoms with Crippen molar-refractivity contribution in [2.75, 3.05) is 34.4 Å². The van der Waals surface area contributed by atoms with Crippen LogP contribution in [0.4, 0.5) is 0 Å². The van der Waals surface area contributed by atoms with Crippen LogP contribution in [0.1, 0.15) is 18.0 Å². The molecular weight excluding hydrogens is 308 g/mol. The van der Waals surface area contributed by atoms with Crippen LogP contribution in [-0.4, -0.2) is 39.3 Å². The molecule has 0 amide bonds. The van der Waals surface area contributed by atoms with Crippen molar-refractivity contribution in [1.82, 2.24) is 4.90 Å². The van der Waals surface area contributed by atoms with Gasteiger partial charge in [0.2, 0.25) is 0 Å². The van der Waals surface area contributed by atoms with Gasteiger partial charge in [0.05, 0.1) is 14.2 Å². The molecule has 0 radical (unpaired) electrons. The number of methoxy groups -OCH3 is 2. The Kier molecular flexibility index (Phi) is 4.71.